The average Bonchev–Trinajstić information content (AvgIpc) is 3.17. The lowest BCUT2D eigenvalue weighted by Gasteiger charge is -2.27. The first kappa shape index (κ1) is 18.9. The van der Waals surface area contributed by atoms with Crippen molar-refractivity contribution in [1.29, 1.82) is 0 Å². The van der Waals surface area contributed by atoms with Crippen LogP contribution in [-0.4, -0.2) is 46.1 Å². The first-order chi connectivity index (χ1) is 13.0. The van der Waals surface area contributed by atoms with Crippen LogP contribution < -0.4 is 5.32 Å². The molecule has 1 fully saturated rings. The molecule has 2 N–H and O–H groups in total. The Labute approximate surface area is 158 Å². The van der Waals surface area contributed by atoms with Crippen molar-refractivity contribution in [3.8, 4) is 10.6 Å². The number of carbonyl (C=O) groups excluding carboxylic acids is 1. The van der Waals surface area contributed by atoms with Crippen molar-refractivity contribution in [2.45, 2.75) is 18.9 Å². The second-order valence-electron chi connectivity index (χ2n) is 6.11. The predicted octanol–water partition coefficient (Wildman–Crippen LogP) is 2.33. The van der Waals surface area contributed by atoms with Crippen LogP contribution in [0.1, 0.15) is 23.3 Å². The van der Waals surface area contributed by atoms with Crippen LogP contribution in [-0.2, 0) is 9.53 Å². The van der Waals surface area contributed by atoms with Crippen molar-refractivity contribution < 1.29 is 24.4 Å². The Morgan fingerprint density at radius 3 is 2.70 bits per heavy atom. The third-order valence-electron chi connectivity index (χ3n) is 4.28. The fourth-order valence-electron chi connectivity index (χ4n) is 2.86. The SMILES string of the molecule is O=C(NC(C(=O)O)C1CCCOC1)c1csc(-c2ccc([N+](=O)[O-])cc2)n1. The van der Waals surface area contributed by atoms with Gasteiger partial charge in [-0.3, -0.25) is 14.9 Å². The zero-order chi connectivity index (χ0) is 19.4. The molecule has 10 heteroatoms. The van der Waals surface area contributed by atoms with Crippen LogP contribution in [0.3, 0.4) is 0 Å². The van der Waals surface area contributed by atoms with Gasteiger partial charge >= 0.3 is 5.97 Å². The number of carboxylic acids is 1. The zero-order valence-electron chi connectivity index (χ0n) is 14.2. The van der Waals surface area contributed by atoms with Gasteiger partial charge in [0.1, 0.15) is 16.7 Å². The normalized spacial score (nSPS) is 17.9. The predicted molar refractivity (Wildman–Crippen MR) is 96.6 cm³/mol. The van der Waals surface area contributed by atoms with E-state index in [9.17, 15) is 24.8 Å². The molecule has 2 unspecified atom stereocenters. The highest BCUT2D eigenvalue weighted by Crippen LogP contribution is 2.26. The van der Waals surface area contributed by atoms with Crippen LogP contribution in [0.5, 0.6) is 0 Å². The summed E-state index contributed by atoms with van der Waals surface area (Å²) in [6.07, 6.45) is 1.42. The largest absolute Gasteiger partial charge is 0.480 e. The minimum Gasteiger partial charge on any atom is -0.480 e. The fourth-order valence-corrected chi connectivity index (χ4v) is 3.67. The van der Waals surface area contributed by atoms with Gasteiger partial charge < -0.3 is 15.2 Å². The van der Waals surface area contributed by atoms with Crippen molar-refractivity contribution in [2.24, 2.45) is 5.92 Å². The summed E-state index contributed by atoms with van der Waals surface area (Å²) >= 11 is 1.20. The highest BCUT2D eigenvalue weighted by molar-refractivity contribution is 7.13. The number of nitro benzene ring substituents is 1. The van der Waals surface area contributed by atoms with Crippen LogP contribution >= 0.6 is 11.3 Å². The van der Waals surface area contributed by atoms with Gasteiger partial charge in [0.2, 0.25) is 0 Å². The van der Waals surface area contributed by atoms with Gasteiger partial charge in [0, 0.05) is 35.6 Å². The number of thiazole rings is 1. The fraction of sp³-hybridized carbons (Fsp3) is 0.353. The number of hydrogen-bond donors (Lipinski definition) is 2. The number of carboxylic acid groups (broad SMARTS) is 1. The highest BCUT2D eigenvalue weighted by atomic mass is 32.1. The number of benzene rings is 1. The molecule has 27 heavy (non-hydrogen) atoms. The molecule has 0 bridgehead atoms. The molecule has 0 aliphatic carbocycles. The summed E-state index contributed by atoms with van der Waals surface area (Å²) in [5.74, 6) is -1.96. The molecular weight excluding hydrogens is 374 g/mol. The van der Waals surface area contributed by atoms with Crippen LogP contribution in [0.4, 0.5) is 5.69 Å². The first-order valence-corrected chi connectivity index (χ1v) is 9.15. The maximum atomic E-state index is 12.4. The Balaban J connectivity index is 1.71. The minimum absolute atomic E-state index is 0.0349. The van der Waals surface area contributed by atoms with E-state index in [-0.39, 0.29) is 17.3 Å². The summed E-state index contributed by atoms with van der Waals surface area (Å²) in [6.45, 7) is 0.893. The monoisotopic (exact) mass is 391 g/mol. The van der Waals surface area contributed by atoms with E-state index in [1.165, 1.54) is 28.8 Å². The number of nitro groups is 1. The zero-order valence-corrected chi connectivity index (χ0v) is 15.0. The minimum atomic E-state index is -1.11. The van der Waals surface area contributed by atoms with E-state index in [2.05, 4.69) is 10.3 Å². The number of nitrogens with zero attached hydrogens (tertiary/aromatic N) is 2. The molecule has 1 amide bonds. The van der Waals surface area contributed by atoms with Gasteiger partial charge in [-0.2, -0.15) is 0 Å². The molecule has 142 valence electrons. The number of non-ortho nitro benzene ring substituents is 1. The van der Waals surface area contributed by atoms with Crippen LogP contribution in [0.25, 0.3) is 10.6 Å². The maximum Gasteiger partial charge on any atom is 0.326 e. The van der Waals surface area contributed by atoms with E-state index in [0.29, 0.717) is 30.2 Å². The number of rotatable bonds is 6. The number of nitrogens with one attached hydrogen (secondary N) is 1. The summed E-state index contributed by atoms with van der Waals surface area (Å²) in [6, 6.07) is 4.79. The molecule has 1 aromatic heterocycles. The summed E-state index contributed by atoms with van der Waals surface area (Å²) in [5, 5.41) is 24.7. The second kappa shape index (κ2) is 8.23. The lowest BCUT2D eigenvalue weighted by Crippen LogP contribution is -2.48. The first-order valence-electron chi connectivity index (χ1n) is 8.27. The van der Waals surface area contributed by atoms with E-state index in [1.54, 1.807) is 12.1 Å². The Kier molecular flexibility index (Phi) is 5.77. The topological polar surface area (TPSA) is 132 Å². The van der Waals surface area contributed by atoms with Gasteiger partial charge in [-0.15, -0.1) is 11.3 Å². The van der Waals surface area contributed by atoms with Crippen molar-refractivity contribution in [3.63, 3.8) is 0 Å². The van der Waals surface area contributed by atoms with Crippen molar-refractivity contribution in [1.82, 2.24) is 10.3 Å². The van der Waals surface area contributed by atoms with Gasteiger partial charge in [-0.1, -0.05) is 0 Å². The molecule has 0 spiro atoms. The average molecular weight is 391 g/mol. The van der Waals surface area contributed by atoms with E-state index >= 15 is 0 Å². The number of aromatic nitrogens is 1. The van der Waals surface area contributed by atoms with Crippen LogP contribution in [0.15, 0.2) is 29.6 Å². The van der Waals surface area contributed by atoms with E-state index in [0.717, 1.165) is 6.42 Å². The number of ether oxygens (including phenoxy) is 1. The van der Waals surface area contributed by atoms with Crippen LogP contribution in [0.2, 0.25) is 0 Å². The van der Waals surface area contributed by atoms with E-state index < -0.39 is 22.8 Å². The third-order valence-corrected chi connectivity index (χ3v) is 5.17. The molecular formula is C17H17N3O6S. The molecule has 2 aromatic rings. The molecule has 1 saturated heterocycles. The lowest BCUT2D eigenvalue weighted by molar-refractivity contribution is -0.384. The Morgan fingerprint density at radius 2 is 2.11 bits per heavy atom. The number of hydrogen-bond acceptors (Lipinski definition) is 7. The third kappa shape index (κ3) is 4.47. The summed E-state index contributed by atoms with van der Waals surface area (Å²) in [5.41, 5.74) is 0.712. The van der Waals surface area contributed by atoms with Crippen LogP contribution in [0, 0.1) is 16.0 Å². The molecule has 9 nitrogen and oxygen atoms in total. The Hall–Kier alpha value is -2.85. The standard InChI is InChI=1S/C17H17N3O6S/c21-15(19-14(17(22)23)11-2-1-7-26-8-11)13-9-27-16(18-13)10-3-5-12(6-4-10)20(24)25/h3-6,9,11,14H,1-2,7-8H2,(H,19,21)(H,22,23). The Bertz CT molecular complexity index is 845. The summed E-state index contributed by atoms with van der Waals surface area (Å²) in [7, 11) is 0. The number of carbonyl (C=O) groups is 2. The lowest BCUT2D eigenvalue weighted by atomic mass is 9.93. The van der Waals surface area contributed by atoms with Gasteiger partial charge in [0.25, 0.3) is 11.6 Å². The van der Waals surface area contributed by atoms with Crippen molar-refractivity contribution in [2.75, 3.05) is 13.2 Å². The van der Waals surface area contributed by atoms with Gasteiger partial charge in [0.05, 0.1) is 11.5 Å². The molecule has 2 atom stereocenters. The quantitative estimate of drug-likeness (QED) is 0.570. The smallest absolute Gasteiger partial charge is 0.326 e. The molecule has 3 rings (SSSR count). The molecule has 2 heterocycles. The molecule has 1 aliphatic heterocycles. The maximum absolute atomic E-state index is 12.4. The molecule has 1 aromatic carbocycles. The Morgan fingerprint density at radius 1 is 1.37 bits per heavy atom. The summed E-state index contributed by atoms with van der Waals surface area (Å²) < 4.78 is 5.31. The summed E-state index contributed by atoms with van der Waals surface area (Å²) in [4.78, 5) is 38.4. The van der Waals surface area contributed by atoms with Crippen molar-refractivity contribution in [3.05, 3.63) is 45.5 Å². The molecule has 0 saturated carbocycles. The number of aliphatic carboxylic acids is 1. The number of amides is 1. The van der Waals surface area contributed by atoms with Gasteiger partial charge in [-0.05, 0) is 25.0 Å². The van der Waals surface area contributed by atoms with E-state index in [4.69, 9.17) is 4.74 Å². The highest BCUT2D eigenvalue weighted by Gasteiger charge is 2.32. The molecule has 0 radical (unpaired) electrons. The van der Waals surface area contributed by atoms with Gasteiger partial charge in [-0.25, -0.2) is 9.78 Å². The van der Waals surface area contributed by atoms with Crippen molar-refractivity contribution >= 4 is 28.9 Å². The second-order valence-corrected chi connectivity index (χ2v) is 6.97. The molecule has 1 aliphatic rings. The van der Waals surface area contributed by atoms with Gasteiger partial charge in [0.15, 0.2) is 0 Å². The van der Waals surface area contributed by atoms with E-state index in [1.807, 2.05) is 0 Å².